The lowest BCUT2D eigenvalue weighted by molar-refractivity contribution is -0.136. The number of imide groups is 1. The second-order valence-electron chi connectivity index (χ2n) is 7.08. The van der Waals surface area contributed by atoms with Gasteiger partial charge in [0, 0.05) is 18.3 Å². The molecule has 0 saturated carbocycles. The van der Waals surface area contributed by atoms with Crippen LogP contribution in [-0.4, -0.2) is 44.1 Å². The zero-order valence-corrected chi connectivity index (χ0v) is 18.4. The molecule has 7 heteroatoms. The Morgan fingerprint density at radius 1 is 0.903 bits per heavy atom. The van der Waals surface area contributed by atoms with Crippen molar-refractivity contribution in [2.45, 2.75) is 26.7 Å². The average Bonchev–Trinajstić information content (AvgIpc) is 3.02. The van der Waals surface area contributed by atoms with E-state index in [4.69, 9.17) is 14.2 Å². The Morgan fingerprint density at radius 2 is 1.68 bits per heavy atom. The van der Waals surface area contributed by atoms with E-state index >= 15 is 0 Å². The lowest BCUT2D eigenvalue weighted by atomic mass is 10.0. The summed E-state index contributed by atoms with van der Waals surface area (Å²) in [5, 5.41) is 3.16. The summed E-state index contributed by atoms with van der Waals surface area (Å²) in [4.78, 5) is 27.6. The second kappa shape index (κ2) is 10.0. The van der Waals surface area contributed by atoms with Crippen LogP contribution in [0.2, 0.25) is 0 Å². The van der Waals surface area contributed by atoms with Crippen molar-refractivity contribution in [3.05, 3.63) is 53.7 Å². The predicted octanol–water partition coefficient (Wildman–Crippen LogP) is 4.09. The Kier molecular flexibility index (Phi) is 7.18. The largest absolute Gasteiger partial charge is 0.494 e. The summed E-state index contributed by atoms with van der Waals surface area (Å²) in [7, 11) is 3.08. The molecule has 0 saturated heterocycles. The number of rotatable bonds is 10. The maximum absolute atomic E-state index is 13.2. The van der Waals surface area contributed by atoms with Gasteiger partial charge in [-0.15, -0.1) is 0 Å². The molecular weight excluding hydrogens is 396 g/mol. The monoisotopic (exact) mass is 424 g/mol. The summed E-state index contributed by atoms with van der Waals surface area (Å²) in [6, 6.07) is 12.5. The summed E-state index contributed by atoms with van der Waals surface area (Å²) in [6.45, 7) is 4.91. The zero-order valence-electron chi connectivity index (χ0n) is 18.4. The quantitative estimate of drug-likeness (QED) is 0.579. The van der Waals surface area contributed by atoms with Gasteiger partial charge in [-0.05, 0) is 42.7 Å². The highest BCUT2D eigenvalue weighted by Crippen LogP contribution is 2.36. The first kappa shape index (κ1) is 22.2. The van der Waals surface area contributed by atoms with Crippen molar-refractivity contribution in [2.24, 2.45) is 0 Å². The number of anilines is 1. The van der Waals surface area contributed by atoms with Crippen molar-refractivity contribution in [2.75, 3.05) is 32.7 Å². The highest BCUT2D eigenvalue weighted by atomic mass is 16.5. The molecule has 0 radical (unpaired) electrons. The fourth-order valence-corrected chi connectivity index (χ4v) is 3.41. The number of carbonyl (C=O) groups excluding carboxylic acids is 2. The number of ether oxygens (including phenoxy) is 3. The highest BCUT2D eigenvalue weighted by Gasteiger charge is 2.39. The molecule has 0 unspecified atom stereocenters. The third-order valence-electron chi connectivity index (χ3n) is 4.86. The van der Waals surface area contributed by atoms with Gasteiger partial charge in [-0.2, -0.15) is 0 Å². The van der Waals surface area contributed by atoms with Crippen molar-refractivity contribution in [1.82, 2.24) is 4.90 Å². The first-order valence-electron chi connectivity index (χ1n) is 10.4. The standard InChI is InChI=1S/C24H28N2O5/c1-5-12-26-23(27)21(16-10-11-19(29-3)20(14-16)30-4)22(24(26)28)25-17-8-7-9-18(15-17)31-13-6-2/h7-11,14-15,25H,5-6,12-13H2,1-4H3. The molecule has 0 aromatic heterocycles. The Labute approximate surface area is 182 Å². The minimum Gasteiger partial charge on any atom is -0.494 e. The minimum atomic E-state index is -0.350. The smallest absolute Gasteiger partial charge is 0.278 e. The molecule has 0 atom stereocenters. The zero-order chi connectivity index (χ0) is 22.4. The molecule has 0 bridgehead atoms. The van der Waals surface area contributed by atoms with Gasteiger partial charge in [-0.1, -0.05) is 26.0 Å². The molecule has 1 aliphatic heterocycles. The summed E-state index contributed by atoms with van der Waals surface area (Å²) < 4.78 is 16.4. The van der Waals surface area contributed by atoms with Crippen LogP contribution in [0, 0.1) is 0 Å². The van der Waals surface area contributed by atoms with E-state index in [9.17, 15) is 9.59 Å². The fraction of sp³-hybridized carbons (Fsp3) is 0.333. The molecule has 1 heterocycles. The third kappa shape index (κ3) is 4.66. The Balaban J connectivity index is 2.04. The highest BCUT2D eigenvalue weighted by molar-refractivity contribution is 6.36. The number of nitrogens with zero attached hydrogens (tertiary/aromatic N) is 1. The van der Waals surface area contributed by atoms with Crippen molar-refractivity contribution in [3.8, 4) is 17.2 Å². The molecule has 1 N–H and O–H groups in total. The Hall–Kier alpha value is -3.48. The molecule has 0 aliphatic carbocycles. The SMILES string of the molecule is CCCOc1cccc(NC2=C(c3ccc(OC)c(OC)c3)C(=O)N(CCC)C2=O)c1. The molecular formula is C24H28N2O5. The number of carbonyl (C=O) groups is 2. The summed E-state index contributed by atoms with van der Waals surface area (Å²) >= 11 is 0. The maximum Gasteiger partial charge on any atom is 0.278 e. The molecule has 164 valence electrons. The third-order valence-corrected chi connectivity index (χ3v) is 4.86. The molecule has 2 amide bonds. The van der Waals surface area contributed by atoms with Crippen LogP contribution >= 0.6 is 0 Å². The van der Waals surface area contributed by atoms with Crippen molar-refractivity contribution >= 4 is 23.1 Å². The molecule has 31 heavy (non-hydrogen) atoms. The number of hydrogen-bond acceptors (Lipinski definition) is 6. The van der Waals surface area contributed by atoms with Crippen LogP contribution in [0.25, 0.3) is 5.57 Å². The molecule has 7 nitrogen and oxygen atoms in total. The van der Waals surface area contributed by atoms with E-state index < -0.39 is 0 Å². The number of benzene rings is 2. The lowest BCUT2D eigenvalue weighted by Crippen LogP contribution is -2.33. The molecule has 1 aliphatic rings. The van der Waals surface area contributed by atoms with Gasteiger partial charge in [0.25, 0.3) is 11.8 Å². The van der Waals surface area contributed by atoms with Crippen molar-refractivity contribution in [3.63, 3.8) is 0 Å². The van der Waals surface area contributed by atoms with Crippen LogP contribution in [0.1, 0.15) is 32.3 Å². The predicted molar refractivity (Wildman–Crippen MR) is 119 cm³/mol. The van der Waals surface area contributed by atoms with Crippen LogP contribution in [0.15, 0.2) is 48.2 Å². The van der Waals surface area contributed by atoms with Crippen LogP contribution in [0.5, 0.6) is 17.2 Å². The van der Waals surface area contributed by atoms with Crippen molar-refractivity contribution in [1.29, 1.82) is 0 Å². The van der Waals surface area contributed by atoms with Gasteiger partial charge in [0.2, 0.25) is 0 Å². The first-order valence-corrected chi connectivity index (χ1v) is 10.4. The van der Waals surface area contributed by atoms with E-state index in [0.29, 0.717) is 53.6 Å². The van der Waals surface area contributed by atoms with E-state index in [0.717, 1.165) is 6.42 Å². The summed E-state index contributed by atoms with van der Waals surface area (Å²) in [5.41, 5.74) is 1.79. The normalized spacial score (nSPS) is 13.6. The van der Waals surface area contributed by atoms with Gasteiger partial charge in [0.1, 0.15) is 11.4 Å². The number of methoxy groups -OCH3 is 2. The van der Waals surface area contributed by atoms with Crippen LogP contribution in [-0.2, 0) is 9.59 Å². The van der Waals surface area contributed by atoms with Gasteiger partial charge in [-0.3, -0.25) is 14.5 Å². The molecule has 2 aromatic carbocycles. The minimum absolute atomic E-state index is 0.235. The lowest BCUT2D eigenvalue weighted by Gasteiger charge is -2.14. The van der Waals surface area contributed by atoms with E-state index in [2.05, 4.69) is 5.32 Å². The van der Waals surface area contributed by atoms with E-state index in [-0.39, 0.29) is 17.5 Å². The van der Waals surface area contributed by atoms with Gasteiger partial charge in [0.15, 0.2) is 11.5 Å². The van der Waals surface area contributed by atoms with Gasteiger partial charge in [-0.25, -0.2) is 0 Å². The Bertz CT molecular complexity index is 999. The average molecular weight is 424 g/mol. The maximum atomic E-state index is 13.2. The van der Waals surface area contributed by atoms with Gasteiger partial charge >= 0.3 is 0 Å². The number of nitrogens with one attached hydrogen (secondary N) is 1. The number of hydrogen-bond donors (Lipinski definition) is 1. The summed E-state index contributed by atoms with van der Waals surface area (Å²) in [6.07, 6.45) is 1.57. The molecule has 3 rings (SSSR count). The Morgan fingerprint density at radius 3 is 2.35 bits per heavy atom. The van der Waals surface area contributed by atoms with E-state index in [1.54, 1.807) is 25.3 Å². The molecule has 0 fully saturated rings. The van der Waals surface area contributed by atoms with Crippen LogP contribution < -0.4 is 19.5 Å². The first-order chi connectivity index (χ1) is 15.0. The second-order valence-corrected chi connectivity index (χ2v) is 7.08. The number of amides is 2. The van der Waals surface area contributed by atoms with Crippen LogP contribution in [0.3, 0.4) is 0 Å². The molecule has 2 aromatic rings. The van der Waals surface area contributed by atoms with Gasteiger partial charge < -0.3 is 19.5 Å². The summed E-state index contributed by atoms with van der Waals surface area (Å²) in [5.74, 6) is 1.04. The van der Waals surface area contributed by atoms with Crippen LogP contribution in [0.4, 0.5) is 5.69 Å². The topological polar surface area (TPSA) is 77.1 Å². The molecule has 0 spiro atoms. The van der Waals surface area contributed by atoms with Gasteiger partial charge in [0.05, 0.1) is 26.4 Å². The fourth-order valence-electron chi connectivity index (χ4n) is 3.41. The van der Waals surface area contributed by atoms with E-state index in [1.165, 1.54) is 12.0 Å². The van der Waals surface area contributed by atoms with Crippen molar-refractivity contribution < 1.29 is 23.8 Å². The van der Waals surface area contributed by atoms with E-state index in [1.807, 2.05) is 38.1 Å².